The molecule has 3 heterocycles. The number of nitrogens with zero attached hydrogens (tertiary/aromatic N) is 3. The first-order valence-electron chi connectivity index (χ1n) is 9.93. The van der Waals surface area contributed by atoms with Crippen LogP contribution >= 0.6 is 23.3 Å². The molecular formula is C21H22F3N5S2. The second kappa shape index (κ2) is 10.3. The lowest BCUT2D eigenvalue weighted by Gasteiger charge is -2.19. The van der Waals surface area contributed by atoms with Gasteiger partial charge in [0.15, 0.2) is 0 Å². The summed E-state index contributed by atoms with van der Waals surface area (Å²) in [6.45, 7) is 2.77. The summed E-state index contributed by atoms with van der Waals surface area (Å²) in [6.07, 6.45) is -0.464. The molecule has 0 bridgehead atoms. The van der Waals surface area contributed by atoms with E-state index in [2.05, 4.69) is 24.9 Å². The lowest BCUT2D eigenvalue weighted by Crippen LogP contribution is -2.20. The maximum Gasteiger partial charge on any atom is 0.282 e. The van der Waals surface area contributed by atoms with E-state index in [1.807, 2.05) is 11.4 Å². The molecule has 0 unspecified atom stereocenters. The molecule has 1 aromatic carbocycles. The minimum absolute atomic E-state index is 0.112. The third-order valence-electron chi connectivity index (χ3n) is 5.06. The summed E-state index contributed by atoms with van der Waals surface area (Å²) in [5.74, 6) is 0.304. The molecule has 0 saturated carbocycles. The largest absolute Gasteiger partial charge is 0.379 e. The molecule has 2 N–H and O–H groups in total. The van der Waals surface area contributed by atoms with Crippen molar-refractivity contribution in [1.82, 2.24) is 14.9 Å². The number of thiazole rings is 1. The van der Waals surface area contributed by atoms with Crippen molar-refractivity contribution in [2.75, 3.05) is 23.1 Å². The molecule has 31 heavy (non-hydrogen) atoms. The summed E-state index contributed by atoms with van der Waals surface area (Å²) in [5.41, 5.74) is 2.89. The van der Waals surface area contributed by atoms with Gasteiger partial charge in [0.2, 0.25) is 0 Å². The van der Waals surface area contributed by atoms with Crippen LogP contribution in [0.5, 0.6) is 0 Å². The van der Waals surface area contributed by atoms with Crippen LogP contribution in [0.15, 0.2) is 46.2 Å². The Balaban J connectivity index is 1.47. The van der Waals surface area contributed by atoms with Gasteiger partial charge in [0.25, 0.3) is 6.43 Å². The highest BCUT2D eigenvalue weighted by Crippen LogP contribution is 2.30. The van der Waals surface area contributed by atoms with E-state index in [4.69, 9.17) is 0 Å². The van der Waals surface area contributed by atoms with Crippen LogP contribution in [-0.4, -0.2) is 28.0 Å². The number of aromatic nitrogens is 2. The van der Waals surface area contributed by atoms with Crippen molar-refractivity contribution in [1.29, 1.82) is 0 Å². The Labute approximate surface area is 187 Å². The maximum absolute atomic E-state index is 14.5. The molecule has 0 spiro atoms. The highest BCUT2D eigenvalue weighted by molar-refractivity contribution is 8.00. The van der Waals surface area contributed by atoms with Crippen LogP contribution in [0.1, 0.15) is 36.1 Å². The second-order valence-electron chi connectivity index (χ2n) is 7.18. The summed E-state index contributed by atoms with van der Waals surface area (Å²) in [7, 11) is 0. The molecule has 3 aromatic rings. The normalized spacial score (nSPS) is 14.3. The topological polar surface area (TPSA) is 53.1 Å². The van der Waals surface area contributed by atoms with Gasteiger partial charge in [0.05, 0.1) is 11.2 Å². The zero-order valence-electron chi connectivity index (χ0n) is 16.7. The number of nitrogens with one attached hydrogen (secondary N) is 2. The number of hydrogen-bond acceptors (Lipinski definition) is 7. The fourth-order valence-corrected chi connectivity index (χ4v) is 4.67. The highest BCUT2D eigenvalue weighted by atomic mass is 32.2. The summed E-state index contributed by atoms with van der Waals surface area (Å²) < 4.78 is 44.8. The quantitative estimate of drug-likeness (QED) is 0.382. The third kappa shape index (κ3) is 5.69. The summed E-state index contributed by atoms with van der Waals surface area (Å²) in [4.78, 5) is 10.4. The van der Waals surface area contributed by atoms with Crippen molar-refractivity contribution in [3.8, 4) is 0 Å². The minimum atomic E-state index is -2.76. The number of benzene rings is 1. The molecule has 0 aliphatic carbocycles. The fourth-order valence-electron chi connectivity index (χ4n) is 3.51. The van der Waals surface area contributed by atoms with Crippen LogP contribution in [0.2, 0.25) is 0 Å². The first-order valence-corrected chi connectivity index (χ1v) is 11.7. The van der Waals surface area contributed by atoms with Gasteiger partial charge in [0.1, 0.15) is 22.4 Å². The summed E-state index contributed by atoms with van der Waals surface area (Å²) in [5, 5.41) is 5.18. The first kappa shape index (κ1) is 21.9. The van der Waals surface area contributed by atoms with E-state index in [1.165, 1.54) is 17.4 Å². The van der Waals surface area contributed by atoms with Gasteiger partial charge in [-0.15, -0.1) is 11.3 Å². The molecule has 1 aliphatic heterocycles. The van der Waals surface area contributed by atoms with E-state index in [-0.39, 0.29) is 23.7 Å². The molecule has 0 radical (unpaired) electrons. The maximum atomic E-state index is 14.5. The van der Waals surface area contributed by atoms with Crippen LogP contribution in [-0.2, 0) is 13.1 Å². The van der Waals surface area contributed by atoms with Crippen molar-refractivity contribution in [2.24, 2.45) is 0 Å². The average molecular weight is 466 g/mol. The Bertz CT molecular complexity index is 995. The zero-order chi connectivity index (χ0) is 21.6. The summed E-state index contributed by atoms with van der Waals surface area (Å²) in [6, 6.07) is 8.19. The molecule has 1 saturated heterocycles. The van der Waals surface area contributed by atoms with Crippen molar-refractivity contribution in [3.63, 3.8) is 0 Å². The molecule has 164 valence electrons. The lowest BCUT2D eigenvalue weighted by atomic mass is 10.1. The predicted octanol–water partition coefficient (Wildman–Crippen LogP) is 5.94. The molecule has 1 fully saturated rings. The van der Waals surface area contributed by atoms with Gasteiger partial charge in [-0.2, -0.15) is 0 Å². The average Bonchev–Trinajstić information content (AvgIpc) is 3.46. The number of pyridine rings is 1. The molecule has 1 aliphatic rings. The Morgan fingerprint density at radius 3 is 2.74 bits per heavy atom. The minimum Gasteiger partial charge on any atom is -0.379 e. The highest BCUT2D eigenvalue weighted by Gasteiger charge is 2.19. The van der Waals surface area contributed by atoms with E-state index in [9.17, 15) is 13.2 Å². The smallest absolute Gasteiger partial charge is 0.282 e. The van der Waals surface area contributed by atoms with Crippen molar-refractivity contribution in [3.05, 3.63) is 63.9 Å². The van der Waals surface area contributed by atoms with Crippen LogP contribution < -0.4 is 10.0 Å². The van der Waals surface area contributed by atoms with Crippen molar-refractivity contribution >= 4 is 34.8 Å². The van der Waals surface area contributed by atoms with Crippen LogP contribution in [0.3, 0.4) is 0 Å². The van der Waals surface area contributed by atoms with Gasteiger partial charge in [-0.05, 0) is 49.7 Å². The molecule has 4 rings (SSSR count). The number of anilines is 2. The van der Waals surface area contributed by atoms with E-state index < -0.39 is 6.43 Å². The van der Waals surface area contributed by atoms with Gasteiger partial charge in [0, 0.05) is 36.0 Å². The van der Waals surface area contributed by atoms with E-state index in [0.29, 0.717) is 23.0 Å². The SMILES string of the molecule is Fc1cccc(CN2CCCC2)c1CNc1ccc(SNc2cscn2)nc1C(F)F. The Hall–Kier alpha value is -2.30. The van der Waals surface area contributed by atoms with E-state index >= 15 is 0 Å². The van der Waals surface area contributed by atoms with Crippen LogP contribution in [0, 0.1) is 5.82 Å². The van der Waals surface area contributed by atoms with Gasteiger partial charge in [-0.3, -0.25) is 4.90 Å². The molecule has 0 atom stereocenters. The molecule has 10 heteroatoms. The van der Waals surface area contributed by atoms with Crippen molar-refractivity contribution < 1.29 is 13.2 Å². The van der Waals surface area contributed by atoms with Gasteiger partial charge in [-0.1, -0.05) is 12.1 Å². The second-order valence-corrected chi connectivity index (χ2v) is 8.72. The van der Waals surface area contributed by atoms with E-state index in [1.54, 1.807) is 23.7 Å². The molecular weight excluding hydrogens is 443 g/mol. The van der Waals surface area contributed by atoms with Gasteiger partial charge >= 0.3 is 0 Å². The lowest BCUT2D eigenvalue weighted by molar-refractivity contribution is 0.146. The fraction of sp³-hybridized carbons (Fsp3) is 0.333. The Morgan fingerprint density at radius 1 is 1.16 bits per heavy atom. The third-order valence-corrected chi connectivity index (χ3v) is 6.40. The van der Waals surface area contributed by atoms with E-state index in [0.717, 1.165) is 43.4 Å². The standard InChI is InChI=1S/C21H22F3N5S2/c22-16-5-3-4-14(11-29-8-1-2-9-29)15(16)10-25-17-6-7-19(27-20(17)21(23)24)31-28-18-12-30-13-26-18/h3-7,12-13,21,25,28H,1-2,8-11H2. The molecule has 0 amide bonds. The Morgan fingerprint density at radius 2 is 2.00 bits per heavy atom. The molecule has 5 nitrogen and oxygen atoms in total. The molecule has 2 aromatic heterocycles. The Kier molecular flexibility index (Phi) is 7.31. The number of rotatable bonds is 9. The van der Waals surface area contributed by atoms with Crippen LogP contribution in [0.4, 0.5) is 24.7 Å². The van der Waals surface area contributed by atoms with Gasteiger partial charge in [-0.25, -0.2) is 23.1 Å². The summed E-state index contributed by atoms with van der Waals surface area (Å²) >= 11 is 2.54. The van der Waals surface area contributed by atoms with Crippen LogP contribution in [0.25, 0.3) is 0 Å². The first-order chi connectivity index (χ1) is 15.1. The predicted molar refractivity (Wildman–Crippen MR) is 119 cm³/mol. The number of likely N-dealkylation sites (tertiary alicyclic amines) is 1. The zero-order valence-corrected chi connectivity index (χ0v) is 18.3. The number of alkyl halides is 2. The number of halogens is 3. The van der Waals surface area contributed by atoms with Gasteiger partial charge < -0.3 is 10.0 Å². The van der Waals surface area contributed by atoms with Crippen molar-refractivity contribution in [2.45, 2.75) is 37.4 Å². The monoisotopic (exact) mass is 465 g/mol. The number of hydrogen-bond donors (Lipinski definition) is 2.